The normalized spacial score (nSPS) is 14.7. The number of hydrogen-bond donors (Lipinski definition) is 4. The summed E-state index contributed by atoms with van der Waals surface area (Å²) in [6.07, 6.45) is 1.44. The minimum atomic E-state index is -1.19. The van der Waals surface area contributed by atoms with Crippen LogP contribution in [0.2, 0.25) is 0 Å². The second-order valence-corrected chi connectivity index (χ2v) is 15.8. The van der Waals surface area contributed by atoms with Crippen molar-refractivity contribution < 1.29 is 38.4 Å². The Bertz CT molecular complexity index is 1320. The molecule has 0 aromatic heterocycles. The van der Waals surface area contributed by atoms with E-state index in [0.717, 1.165) is 4.90 Å². The van der Waals surface area contributed by atoms with Gasteiger partial charge in [-0.3, -0.25) is 38.9 Å². The van der Waals surface area contributed by atoms with Gasteiger partial charge < -0.3 is 35.6 Å². The molecule has 0 aromatic rings. The lowest BCUT2D eigenvalue weighted by Gasteiger charge is -2.36. The third kappa shape index (κ3) is 14.5. The summed E-state index contributed by atoms with van der Waals surface area (Å²) in [4.78, 5) is 111. The lowest BCUT2D eigenvalue weighted by molar-refractivity contribution is -0.148. The molecule has 54 heavy (non-hydrogen) atoms. The van der Waals surface area contributed by atoms with Gasteiger partial charge in [0.05, 0.1) is 0 Å². The number of imide groups is 1. The van der Waals surface area contributed by atoms with Gasteiger partial charge in [0, 0.05) is 41.7 Å². The molecule has 310 valence electrons. The molecule has 4 N–H and O–H groups in total. The average Bonchev–Trinajstić information content (AvgIpc) is 3.08. The maximum atomic E-state index is 14.1. The van der Waals surface area contributed by atoms with Crippen LogP contribution in [0, 0.1) is 23.7 Å². The van der Waals surface area contributed by atoms with E-state index in [1.807, 2.05) is 34.6 Å². The van der Waals surface area contributed by atoms with Crippen molar-refractivity contribution in [3.05, 3.63) is 0 Å². The first-order valence-electron chi connectivity index (χ1n) is 19.0. The van der Waals surface area contributed by atoms with Crippen LogP contribution in [0.5, 0.6) is 0 Å². The number of urea groups is 1. The Morgan fingerprint density at radius 3 is 1.43 bits per heavy atom. The van der Waals surface area contributed by atoms with Crippen molar-refractivity contribution >= 4 is 47.4 Å². The van der Waals surface area contributed by atoms with Gasteiger partial charge in [0.15, 0.2) is 0 Å². The molecule has 0 aromatic carbocycles. The fourth-order valence-corrected chi connectivity index (χ4v) is 6.01. The van der Waals surface area contributed by atoms with Crippen molar-refractivity contribution in [2.75, 3.05) is 35.2 Å². The summed E-state index contributed by atoms with van der Waals surface area (Å²) in [6, 6.07) is -6.73. The fourth-order valence-electron chi connectivity index (χ4n) is 6.01. The minimum Gasteiger partial charge on any atom is -0.357 e. The van der Waals surface area contributed by atoms with E-state index < -0.39 is 83.6 Å². The monoisotopic (exact) mass is 767 g/mol. The third-order valence-electron chi connectivity index (χ3n) is 9.52. The van der Waals surface area contributed by atoms with E-state index >= 15 is 0 Å². The molecule has 0 rings (SSSR count). The topological polar surface area (TPSA) is 198 Å². The highest BCUT2D eigenvalue weighted by Gasteiger charge is 2.39. The predicted octanol–water partition coefficient (Wildman–Crippen LogP) is 1.96. The highest BCUT2D eigenvalue weighted by molar-refractivity contribution is 6.01. The lowest BCUT2D eigenvalue weighted by atomic mass is 9.96. The van der Waals surface area contributed by atoms with E-state index in [1.165, 1.54) is 49.8 Å². The molecule has 0 aliphatic heterocycles. The smallest absolute Gasteiger partial charge is 0.324 e. The summed E-state index contributed by atoms with van der Waals surface area (Å²) >= 11 is 0. The molecule has 0 spiro atoms. The van der Waals surface area contributed by atoms with E-state index in [4.69, 9.17) is 0 Å². The third-order valence-corrected chi connectivity index (χ3v) is 9.52. The summed E-state index contributed by atoms with van der Waals surface area (Å²) in [5, 5.41) is 10.2. The maximum absolute atomic E-state index is 14.1. The Morgan fingerprint density at radius 1 is 0.556 bits per heavy atom. The molecular weight excluding hydrogens is 696 g/mol. The van der Waals surface area contributed by atoms with Crippen LogP contribution in [0.15, 0.2) is 0 Å². The van der Waals surface area contributed by atoms with Crippen LogP contribution in [-0.2, 0) is 33.6 Å². The first-order valence-corrected chi connectivity index (χ1v) is 19.0. The van der Waals surface area contributed by atoms with Crippen LogP contribution in [0.4, 0.5) is 4.79 Å². The summed E-state index contributed by atoms with van der Waals surface area (Å²) in [5.41, 5.74) is 0. The van der Waals surface area contributed by atoms with Crippen molar-refractivity contribution in [3.8, 4) is 0 Å². The van der Waals surface area contributed by atoms with Crippen LogP contribution in [0.1, 0.15) is 102 Å². The quantitative estimate of drug-likeness (QED) is 0.144. The molecule has 0 saturated heterocycles. The van der Waals surface area contributed by atoms with Gasteiger partial charge in [-0.25, -0.2) is 4.79 Å². The van der Waals surface area contributed by atoms with Gasteiger partial charge in [-0.15, -0.1) is 0 Å². The number of amides is 9. The Kier molecular flexibility index (Phi) is 21.1. The van der Waals surface area contributed by atoms with Crippen molar-refractivity contribution in [1.29, 1.82) is 0 Å². The summed E-state index contributed by atoms with van der Waals surface area (Å²) in [7, 11) is 7.37. The number of carbonyl (C=O) groups excluding carboxylic acids is 8. The highest BCUT2D eigenvalue weighted by Crippen LogP contribution is 2.18. The molecule has 1 unspecified atom stereocenters. The molecule has 16 heteroatoms. The largest absolute Gasteiger partial charge is 0.357 e. The van der Waals surface area contributed by atoms with Crippen LogP contribution in [0.25, 0.3) is 0 Å². The van der Waals surface area contributed by atoms with E-state index in [1.54, 1.807) is 41.7 Å². The number of nitrogens with one attached hydrogen (secondary N) is 4. The zero-order chi connectivity index (χ0) is 42.4. The van der Waals surface area contributed by atoms with Gasteiger partial charge in [0.2, 0.25) is 41.4 Å². The summed E-state index contributed by atoms with van der Waals surface area (Å²) < 4.78 is 0. The van der Waals surface area contributed by atoms with E-state index in [2.05, 4.69) is 21.3 Å². The fraction of sp³-hybridized carbons (Fsp3) is 0.789. The van der Waals surface area contributed by atoms with Gasteiger partial charge in [-0.1, -0.05) is 62.3 Å². The maximum Gasteiger partial charge on any atom is 0.324 e. The zero-order valence-corrected chi connectivity index (χ0v) is 35.7. The van der Waals surface area contributed by atoms with Crippen molar-refractivity contribution in [2.45, 2.75) is 138 Å². The predicted molar refractivity (Wildman–Crippen MR) is 208 cm³/mol. The number of carbonyl (C=O) groups is 8. The second kappa shape index (κ2) is 22.9. The standard InChI is InChI=1S/C38H70N8O8/c1-17-18-29(47)43(13)26(11)36(52)44(14)28(20-22(4)5)34(50)41-30(23(6)7)37(53)45(15)27(19-21(2)3)33(49)40-25(10)32(48)42-38(54)46(16)31(24(8)9)35(51)39-12/h21-28,30-31H,17-20H2,1-16H3,(H,39,51)(H,40,49)(H,41,50)(H,42,48,54)/t25-,26-,27+,28+,30+,31?/m1/s1. The van der Waals surface area contributed by atoms with Gasteiger partial charge in [-0.05, 0) is 56.8 Å². The molecule has 0 fully saturated rings. The molecule has 0 radical (unpaired) electrons. The van der Waals surface area contributed by atoms with E-state index in [-0.39, 0.29) is 36.5 Å². The van der Waals surface area contributed by atoms with Crippen molar-refractivity contribution in [2.24, 2.45) is 23.7 Å². The Balaban J connectivity index is 6.18. The first kappa shape index (κ1) is 49.8. The number of rotatable bonds is 20. The van der Waals surface area contributed by atoms with Crippen LogP contribution in [0.3, 0.4) is 0 Å². The van der Waals surface area contributed by atoms with Crippen LogP contribution < -0.4 is 21.3 Å². The first-order chi connectivity index (χ1) is 24.8. The zero-order valence-electron chi connectivity index (χ0n) is 35.7. The van der Waals surface area contributed by atoms with Gasteiger partial charge in [0.1, 0.15) is 36.3 Å². The highest BCUT2D eigenvalue weighted by atomic mass is 16.2. The van der Waals surface area contributed by atoms with E-state index in [0.29, 0.717) is 12.8 Å². The van der Waals surface area contributed by atoms with Gasteiger partial charge >= 0.3 is 6.03 Å². The van der Waals surface area contributed by atoms with Gasteiger partial charge in [-0.2, -0.15) is 0 Å². The Labute approximate surface area is 323 Å². The molecule has 0 aliphatic rings. The number of nitrogens with zero attached hydrogens (tertiary/aromatic N) is 4. The van der Waals surface area contributed by atoms with Gasteiger partial charge in [0.25, 0.3) is 0 Å². The van der Waals surface area contributed by atoms with E-state index in [9.17, 15) is 38.4 Å². The molecule has 0 bridgehead atoms. The molecule has 0 saturated carbocycles. The lowest BCUT2D eigenvalue weighted by Crippen LogP contribution is -2.61. The van der Waals surface area contributed by atoms with Crippen molar-refractivity contribution in [3.63, 3.8) is 0 Å². The van der Waals surface area contributed by atoms with Crippen LogP contribution >= 0.6 is 0 Å². The molecule has 0 heterocycles. The molecule has 0 aliphatic carbocycles. The Morgan fingerprint density at radius 2 is 1.02 bits per heavy atom. The summed E-state index contributed by atoms with van der Waals surface area (Å²) in [5.74, 6) is -4.25. The number of likely N-dealkylation sites (N-methyl/N-ethyl adjacent to an activating group) is 5. The average molecular weight is 767 g/mol. The second-order valence-electron chi connectivity index (χ2n) is 15.8. The summed E-state index contributed by atoms with van der Waals surface area (Å²) in [6.45, 7) is 19.5. The SMILES string of the molecule is CCCC(=O)N(C)[C@H](C)C(=O)N(C)[C@@H](CC(C)C)C(=O)N[C@H](C(=O)N(C)[C@@H](CC(C)C)C(=O)N[C@H](C)C(=O)NC(=O)N(C)C(C(=O)NC)C(C)C)C(C)C. The Hall–Kier alpha value is -4.24. The minimum absolute atomic E-state index is 0.00288. The molecule has 6 atom stereocenters. The van der Waals surface area contributed by atoms with Crippen molar-refractivity contribution in [1.82, 2.24) is 40.9 Å². The van der Waals surface area contributed by atoms with Crippen LogP contribution in [-0.4, -0.2) is 138 Å². The molecule has 16 nitrogen and oxygen atoms in total. The molecule has 9 amide bonds. The number of hydrogen-bond acceptors (Lipinski definition) is 8. The molecular formula is C38H70N8O8.